The summed E-state index contributed by atoms with van der Waals surface area (Å²) >= 11 is 0. The maximum absolute atomic E-state index is 14.1. The van der Waals surface area contributed by atoms with Gasteiger partial charge >= 0.3 is 11.8 Å². The number of benzene rings is 1. The zero-order valence-electron chi connectivity index (χ0n) is 17.3. The van der Waals surface area contributed by atoms with E-state index in [4.69, 9.17) is 4.42 Å². The Labute approximate surface area is 176 Å². The molecule has 0 aliphatic carbocycles. The van der Waals surface area contributed by atoms with Gasteiger partial charge in [-0.05, 0) is 30.7 Å². The Morgan fingerprint density at radius 2 is 1.87 bits per heavy atom. The van der Waals surface area contributed by atoms with Crippen molar-refractivity contribution in [1.29, 1.82) is 0 Å². The van der Waals surface area contributed by atoms with Crippen molar-refractivity contribution in [3.8, 4) is 0 Å². The zero-order chi connectivity index (χ0) is 21.3. The third kappa shape index (κ3) is 5.60. The molecule has 2 amide bonds. The highest BCUT2D eigenvalue weighted by molar-refractivity contribution is 6.35. The maximum atomic E-state index is 14.1. The van der Waals surface area contributed by atoms with Crippen molar-refractivity contribution in [2.45, 2.75) is 25.8 Å². The lowest BCUT2D eigenvalue weighted by atomic mass is 10.1. The van der Waals surface area contributed by atoms with Gasteiger partial charge in [0.15, 0.2) is 11.8 Å². The summed E-state index contributed by atoms with van der Waals surface area (Å²) in [5.41, 5.74) is 0.614. The number of carbonyl (C=O) groups is 2. The Kier molecular flexibility index (Phi) is 7.84. The van der Waals surface area contributed by atoms with E-state index >= 15 is 0 Å². The molecule has 1 fully saturated rings. The predicted octanol–water partition coefficient (Wildman–Crippen LogP) is 0.897. The van der Waals surface area contributed by atoms with Gasteiger partial charge in [-0.2, -0.15) is 0 Å². The lowest BCUT2D eigenvalue weighted by molar-refractivity contribution is -0.932. The Hall–Kier alpha value is -2.87. The average molecular weight is 418 g/mol. The Morgan fingerprint density at radius 1 is 1.13 bits per heavy atom. The van der Waals surface area contributed by atoms with Crippen LogP contribution in [0.2, 0.25) is 0 Å². The van der Waals surface area contributed by atoms with E-state index in [1.54, 1.807) is 18.4 Å². The number of amides is 2. The monoisotopic (exact) mass is 417 g/mol. The fourth-order valence-corrected chi connectivity index (χ4v) is 3.76. The van der Waals surface area contributed by atoms with Gasteiger partial charge in [-0.25, -0.2) is 4.39 Å². The second-order valence-corrected chi connectivity index (χ2v) is 7.48. The van der Waals surface area contributed by atoms with Crippen LogP contribution in [0.4, 0.5) is 10.1 Å². The molecule has 30 heavy (non-hydrogen) atoms. The number of hydrogen-bond donors (Lipinski definition) is 3. The molecule has 0 saturated carbocycles. The van der Waals surface area contributed by atoms with E-state index < -0.39 is 11.8 Å². The molecule has 0 unspecified atom stereocenters. The first-order chi connectivity index (χ1) is 14.6. The topological polar surface area (TPSA) is 79.0 Å². The van der Waals surface area contributed by atoms with Gasteiger partial charge in [0.25, 0.3) is 0 Å². The first kappa shape index (κ1) is 21.8. The van der Waals surface area contributed by atoms with E-state index in [9.17, 15) is 14.0 Å². The highest BCUT2D eigenvalue weighted by Gasteiger charge is 2.32. The summed E-state index contributed by atoms with van der Waals surface area (Å²) in [5, 5.41) is 5.37. The van der Waals surface area contributed by atoms with Crippen LogP contribution < -0.4 is 20.4 Å². The minimum atomic E-state index is -0.632. The molecule has 1 atom stereocenters. The summed E-state index contributed by atoms with van der Waals surface area (Å²) in [6.07, 6.45) is 3.39. The van der Waals surface area contributed by atoms with E-state index in [0.29, 0.717) is 31.9 Å². The molecule has 3 N–H and O–H groups in total. The van der Waals surface area contributed by atoms with E-state index in [1.807, 2.05) is 30.0 Å². The molecule has 1 aliphatic rings. The van der Waals surface area contributed by atoms with E-state index in [0.717, 1.165) is 31.7 Å². The van der Waals surface area contributed by atoms with Gasteiger partial charge < -0.3 is 24.9 Å². The number of nitrogens with one attached hydrogen (secondary N) is 3. The summed E-state index contributed by atoms with van der Waals surface area (Å²) in [4.78, 5) is 27.4. The number of anilines is 1. The highest BCUT2D eigenvalue weighted by Crippen LogP contribution is 2.19. The molecule has 3 rings (SSSR count). The van der Waals surface area contributed by atoms with Gasteiger partial charge in [-0.3, -0.25) is 9.59 Å². The molecule has 8 heteroatoms. The van der Waals surface area contributed by atoms with Crippen LogP contribution in [-0.2, 0) is 9.59 Å². The summed E-state index contributed by atoms with van der Waals surface area (Å²) in [7, 11) is 0. The third-order valence-electron chi connectivity index (χ3n) is 5.47. The molecule has 1 aromatic carbocycles. The van der Waals surface area contributed by atoms with Crippen LogP contribution >= 0.6 is 0 Å². The van der Waals surface area contributed by atoms with Gasteiger partial charge in [-0.1, -0.05) is 25.5 Å². The van der Waals surface area contributed by atoms with E-state index in [1.165, 1.54) is 11.0 Å². The van der Waals surface area contributed by atoms with Crippen LogP contribution in [0.5, 0.6) is 0 Å². The summed E-state index contributed by atoms with van der Waals surface area (Å²) < 4.78 is 19.7. The second kappa shape index (κ2) is 10.8. The van der Waals surface area contributed by atoms with Gasteiger partial charge in [-0.15, -0.1) is 0 Å². The van der Waals surface area contributed by atoms with Crippen molar-refractivity contribution in [3.05, 3.63) is 54.2 Å². The summed E-state index contributed by atoms with van der Waals surface area (Å²) in [6, 6.07) is 10.4. The molecule has 2 aromatic rings. The Bertz CT molecular complexity index is 820. The molecule has 0 spiro atoms. The minimum Gasteiger partial charge on any atom is -0.463 e. The Balaban J connectivity index is 1.58. The standard InChI is InChI=1S/C22H29FN4O3/c1-2-3-10-24-21(28)22(29)25-16-19(20-9-6-15-30-20)27-13-11-26(12-14-27)18-8-5-4-7-17(18)23/h4-9,15,19H,2-3,10-14,16H2,1H3,(H,24,28)(H,25,29)/p+1/t19-/m0/s1. The number of piperazine rings is 1. The van der Waals surface area contributed by atoms with E-state index in [-0.39, 0.29) is 11.9 Å². The fraction of sp³-hybridized carbons (Fsp3) is 0.455. The van der Waals surface area contributed by atoms with Crippen molar-refractivity contribution in [3.63, 3.8) is 0 Å². The van der Waals surface area contributed by atoms with E-state index in [2.05, 4.69) is 10.6 Å². The smallest absolute Gasteiger partial charge is 0.309 e. The van der Waals surface area contributed by atoms with Crippen LogP contribution in [0.3, 0.4) is 0 Å². The van der Waals surface area contributed by atoms with Crippen LogP contribution in [0, 0.1) is 5.82 Å². The number of hydrogen-bond acceptors (Lipinski definition) is 4. The number of halogens is 1. The lowest BCUT2D eigenvalue weighted by Gasteiger charge is -2.37. The Morgan fingerprint density at radius 3 is 2.53 bits per heavy atom. The molecule has 0 bridgehead atoms. The first-order valence-corrected chi connectivity index (χ1v) is 10.5. The maximum Gasteiger partial charge on any atom is 0.309 e. The van der Waals surface area contributed by atoms with Crippen LogP contribution in [0.15, 0.2) is 47.1 Å². The molecular formula is C22H30FN4O3+. The number of para-hydroxylation sites is 1. The highest BCUT2D eigenvalue weighted by atomic mass is 19.1. The van der Waals surface area contributed by atoms with Crippen LogP contribution in [0.25, 0.3) is 0 Å². The number of rotatable bonds is 8. The van der Waals surface area contributed by atoms with Gasteiger partial charge in [0, 0.05) is 6.54 Å². The number of nitrogens with zero attached hydrogens (tertiary/aromatic N) is 1. The van der Waals surface area contributed by atoms with Crippen molar-refractivity contribution in [2.75, 3.05) is 44.2 Å². The zero-order valence-corrected chi connectivity index (χ0v) is 17.3. The molecule has 162 valence electrons. The molecule has 1 saturated heterocycles. The number of unbranched alkanes of at least 4 members (excludes halogenated alkanes) is 1. The van der Waals surface area contributed by atoms with Crippen molar-refractivity contribution in [2.24, 2.45) is 0 Å². The fourth-order valence-electron chi connectivity index (χ4n) is 3.76. The van der Waals surface area contributed by atoms with Crippen molar-refractivity contribution >= 4 is 17.5 Å². The first-order valence-electron chi connectivity index (χ1n) is 10.5. The second-order valence-electron chi connectivity index (χ2n) is 7.48. The van der Waals surface area contributed by atoms with Crippen molar-refractivity contribution < 1.29 is 23.3 Å². The number of carbonyl (C=O) groups excluding carboxylic acids is 2. The normalized spacial score (nSPS) is 15.6. The number of furan rings is 1. The average Bonchev–Trinajstić information content (AvgIpc) is 3.29. The van der Waals surface area contributed by atoms with Gasteiger partial charge in [0.1, 0.15) is 5.82 Å². The van der Waals surface area contributed by atoms with Gasteiger partial charge in [0.05, 0.1) is 44.7 Å². The number of quaternary nitrogens is 1. The largest absolute Gasteiger partial charge is 0.463 e. The minimum absolute atomic E-state index is 0.116. The summed E-state index contributed by atoms with van der Waals surface area (Å²) in [5.74, 6) is -0.700. The molecular weight excluding hydrogens is 387 g/mol. The molecule has 7 nitrogen and oxygen atoms in total. The molecule has 0 radical (unpaired) electrons. The van der Waals surface area contributed by atoms with Gasteiger partial charge in [0.2, 0.25) is 0 Å². The quantitative estimate of drug-likeness (QED) is 0.441. The lowest BCUT2D eigenvalue weighted by Crippen LogP contribution is -3.15. The van der Waals surface area contributed by atoms with Crippen LogP contribution in [0.1, 0.15) is 31.6 Å². The molecule has 2 heterocycles. The SMILES string of the molecule is CCCCNC(=O)C(=O)NC[C@@H](c1ccco1)[NH+]1CCN(c2ccccc2F)CC1. The van der Waals surface area contributed by atoms with Crippen molar-refractivity contribution in [1.82, 2.24) is 10.6 Å². The predicted molar refractivity (Wildman–Crippen MR) is 112 cm³/mol. The summed E-state index contributed by atoms with van der Waals surface area (Å²) in [6.45, 7) is 5.72. The van der Waals surface area contributed by atoms with Crippen LogP contribution in [-0.4, -0.2) is 51.1 Å². The third-order valence-corrected chi connectivity index (χ3v) is 5.47. The molecule has 1 aliphatic heterocycles. The molecule has 1 aromatic heterocycles.